The molecule has 2 aromatic carbocycles. The third kappa shape index (κ3) is 5.42. The first kappa shape index (κ1) is 16.3. The Bertz CT molecular complexity index is 507. The molecule has 0 spiro atoms. The van der Waals surface area contributed by atoms with Crippen molar-refractivity contribution in [1.29, 1.82) is 5.53 Å². The number of nitrogens with zero attached hydrogens (tertiary/aromatic N) is 2. The molecule has 0 fully saturated rings. The van der Waals surface area contributed by atoms with E-state index in [0.717, 1.165) is 11.4 Å². The lowest BCUT2D eigenvalue weighted by atomic mass is 10.2. The molecule has 0 unspecified atom stereocenters. The lowest BCUT2D eigenvalue weighted by Crippen LogP contribution is -2.36. The molecule has 0 atom stereocenters. The summed E-state index contributed by atoms with van der Waals surface area (Å²) in [4.78, 5) is 11.3. The molecule has 0 aliphatic carbocycles. The second kappa shape index (κ2) is 9.22. The van der Waals surface area contributed by atoms with Crippen molar-refractivity contribution >= 4 is 17.4 Å². The molecule has 0 aliphatic heterocycles. The zero-order valence-electron chi connectivity index (χ0n) is 11.7. The smallest absolute Gasteiger partial charge is 0.378 e. The summed E-state index contributed by atoms with van der Waals surface area (Å²) < 4.78 is 0. The first-order valence-electron chi connectivity index (χ1n) is 6.42. The van der Waals surface area contributed by atoms with Gasteiger partial charge in [0.25, 0.3) is 0 Å². The number of nitrogens with one attached hydrogen (secondary N) is 2. The first-order valence-corrected chi connectivity index (χ1v) is 6.42. The maximum absolute atomic E-state index is 11.3. The Hall–Kier alpha value is -2.73. The summed E-state index contributed by atoms with van der Waals surface area (Å²) in [7, 11) is 0. The zero-order valence-corrected chi connectivity index (χ0v) is 11.7. The van der Waals surface area contributed by atoms with Crippen molar-refractivity contribution in [1.82, 2.24) is 5.43 Å². The van der Waals surface area contributed by atoms with Crippen molar-refractivity contribution in [3.63, 3.8) is 0 Å². The molecule has 2 rings (SSSR count). The summed E-state index contributed by atoms with van der Waals surface area (Å²) >= 11 is 0. The molecule has 6 heteroatoms. The molecule has 6 nitrogen and oxygen atoms in total. The highest BCUT2D eigenvalue weighted by molar-refractivity contribution is 5.79. The van der Waals surface area contributed by atoms with E-state index in [0.29, 0.717) is 0 Å². The van der Waals surface area contributed by atoms with Crippen LogP contribution in [-0.4, -0.2) is 17.7 Å². The lowest BCUT2D eigenvalue weighted by Gasteiger charge is -2.23. The average Bonchev–Trinajstić information content (AvgIpc) is 2.54. The van der Waals surface area contributed by atoms with E-state index in [1.165, 1.54) is 0 Å². The molecule has 3 N–H and O–H groups in total. The number of aliphatic hydroxyl groups excluding tert-OH is 1. The van der Waals surface area contributed by atoms with Crippen LogP contribution in [0.15, 0.2) is 65.8 Å². The molecule has 0 saturated heterocycles. The number of urea groups is 1. The predicted molar refractivity (Wildman–Crippen MR) is 81.5 cm³/mol. The van der Waals surface area contributed by atoms with E-state index in [4.69, 9.17) is 10.6 Å². The Morgan fingerprint density at radius 2 is 1.48 bits per heavy atom. The van der Waals surface area contributed by atoms with Gasteiger partial charge >= 0.3 is 6.03 Å². The largest absolute Gasteiger partial charge is 0.397 e. The van der Waals surface area contributed by atoms with E-state index < -0.39 is 6.03 Å². The Morgan fingerprint density at radius 3 is 1.81 bits per heavy atom. The van der Waals surface area contributed by atoms with Crippen LogP contribution in [0.5, 0.6) is 0 Å². The van der Waals surface area contributed by atoms with Gasteiger partial charge in [0, 0.05) is 6.61 Å². The minimum atomic E-state index is -0.720. The standard InChI is InChI=1S/C13H12N4O.C2H6O/c14-15-13(18)16-17(11-7-3-1-4-8-11)12-9-5-2-6-10-12;1-2-3/h1-10,14H,(H,16,18);3H,2H2,1H3. The molecule has 2 aromatic rings. The SMILES string of the molecule is CCO.N=NC(=O)NN(c1ccccc1)c1ccccc1. The molecular formula is C15H18N4O2. The number of rotatable bonds is 3. The van der Waals surface area contributed by atoms with Crippen LogP contribution in [0.4, 0.5) is 16.2 Å². The fourth-order valence-electron chi connectivity index (χ4n) is 1.55. The van der Waals surface area contributed by atoms with Crippen LogP contribution in [0.3, 0.4) is 0 Å². The predicted octanol–water partition coefficient (Wildman–Crippen LogP) is 3.48. The molecular weight excluding hydrogens is 268 g/mol. The van der Waals surface area contributed by atoms with Gasteiger partial charge in [-0.15, -0.1) is 0 Å². The van der Waals surface area contributed by atoms with Gasteiger partial charge in [-0.3, -0.25) is 5.01 Å². The molecule has 0 bridgehead atoms. The Morgan fingerprint density at radius 1 is 1.10 bits per heavy atom. The van der Waals surface area contributed by atoms with Crippen LogP contribution in [0, 0.1) is 5.53 Å². The van der Waals surface area contributed by atoms with Crippen molar-refractivity contribution < 1.29 is 9.90 Å². The fourth-order valence-corrected chi connectivity index (χ4v) is 1.55. The fraction of sp³-hybridized carbons (Fsp3) is 0.133. The van der Waals surface area contributed by atoms with Crippen LogP contribution in [0.1, 0.15) is 6.92 Å². The van der Waals surface area contributed by atoms with Crippen molar-refractivity contribution in [3.05, 3.63) is 60.7 Å². The Labute approximate surface area is 123 Å². The number of aliphatic hydroxyl groups is 1. The Kier molecular flexibility index (Phi) is 7.17. The molecule has 2 amide bonds. The second-order valence-electron chi connectivity index (χ2n) is 3.85. The Balaban J connectivity index is 0.000000677. The number of hydrazine groups is 1. The van der Waals surface area contributed by atoms with Gasteiger partial charge < -0.3 is 5.11 Å². The molecule has 0 aliphatic rings. The summed E-state index contributed by atoms with van der Waals surface area (Å²) in [5.74, 6) is 0. The van der Waals surface area contributed by atoms with Gasteiger partial charge in [0.15, 0.2) is 0 Å². The minimum absolute atomic E-state index is 0.250. The topological polar surface area (TPSA) is 88.8 Å². The number of anilines is 2. The highest BCUT2D eigenvalue weighted by Crippen LogP contribution is 2.22. The van der Waals surface area contributed by atoms with Gasteiger partial charge in [0.05, 0.1) is 11.4 Å². The molecule has 0 heterocycles. The van der Waals surface area contributed by atoms with Crippen LogP contribution < -0.4 is 10.4 Å². The van der Waals surface area contributed by atoms with E-state index in [9.17, 15) is 4.79 Å². The lowest BCUT2D eigenvalue weighted by molar-refractivity contribution is 0.247. The maximum atomic E-state index is 11.3. The molecule has 0 radical (unpaired) electrons. The van der Waals surface area contributed by atoms with Crippen LogP contribution >= 0.6 is 0 Å². The van der Waals surface area contributed by atoms with E-state index in [1.807, 2.05) is 60.7 Å². The van der Waals surface area contributed by atoms with Gasteiger partial charge in [0.1, 0.15) is 0 Å². The number of benzene rings is 2. The minimum Gasteiger partial charge on any atom is -0.397 e. The van der Waals surface area contributed by atoms with Crippen LogP contribution in [0.25, 0.3) is 0 Å². The quantitative estimate of drug-likeness (QED) is 0.596. The average molecular weight is 286 g/mol. The number of hydrogen-bond donors (Lipinski definition) is 3. The summed E-state index contributed by atoms with van der Waals surface area (Å²) in [6.07, 6.45) is 0. The number of hydrogen-bond acceptors (Lipinski definition) is 4. The summed E-state index contributed by atoms with van der Waals surface area (Å²) in [5, 5.41) is 12.0. The number of amides is 2. The van der Waals surface area contributed by atoms with Crippen molar-refractivity contribution in [2.45, 2.75) is 6.92 Å². The number of para-hydroxylation sites is 2. The van der Waals surface area contributed by atoms with Crippen LogP contribution in [-0.2, 0) is 0 Å². The highest BCUT2D eigenvalue weighted by atomic mass is 16.2. The van der Waals surface area contributed by atoms with E-state index >= 15 is 0 Å². The highest BCUT2D eigenvalue weighted by Gasteiger charge is 2.11. The second-order valence-corrected chi connectivity index (χ2v) is 3.85. The van der Waals surface area contributed by atoms with E-state index in [2.05, 4.69) is 10.5 Å². The molecule has 0 saturated carbocycles. The van der Waals surface area contributed by atoms with Crippen molar-refractivity contribution in [2.24, 2.45) is 5.11 Å². The summed E-state index contributed by atoms with van der Waals surface area (Å²) in [5.41, 5.74) is 10.8. The van der Waals surface area contributed by atoms with Gasteiger partial charge in [0.2, 0.25) is 0 Å². The summed E-state index contributed by atoms with van der Waals surface area (Å²) in [6, 6.07) is 18.0. The van der Waals surface area contributed by atoms with Gasteiger partial charge in [-0.2, -0.15) is 5.53 Å². The van der Waals surface area contributed by atoms with Gasteiger partial charge in [-0.05, 0) is 31.2 Å². The summed E-state index contributed by atoms with van der Waals surface area (Å²) in [6.45, 7) is 1.93. The van der Waals surface area contributed by atoms with Gasteiger partial charge in [-0.25, -0.2) is 10.2 Å². The van der Waals surface area contributed by atoms with E-state index in [-0.39, 0.29) is 6.61 Å². The molecule has 0 aromatic heterocycles. The molecule has 110 valence electrons. The zero-order chi connectivity index (χ0) is 15.5. The number of carbonyl (C=O) groups excluding carboxylic acids is 1. The van der Waals surface area contributed by atoms with Crippen LogP contribution in [0.2, 0.25) is 0 Å². The van der Waals surface area contributed by atoms with E-state index in [1.54, 1.807) is 11.9 Å². The number of carbonyl (C=O) groups is 1. The third-order valence-corrected chi connectivity index (χ3v) is 2.34. The normalized spacial score (nSPS) is 9.05. The van der Waals surface area contributed by atoms with Gasteiger partial charge in [-0.1, -0.05) is 41.5 Å². The van der Waals surface area contributed by atoms with Crippen molar-refractivity contribution in [3.8, 4) is 0 Å². The molecule has 21 heavy (non-hydrogen) atoms. The van der Waals surface area contributed by atoms with Crippen molar-refractivity contribution in [2.75, 3.05) is 11.6 Å². The maximum Gasteiger partial charge on any atom is 0.378 e. The monoisotopic (exact) mass is 286 g/mol. The third-order valence-electron chi connectivity index (χ3n) is 2.34. The first-order chi connectivity index (χ1) is 10.2.